The Kier molecular flexibility index (Phi) is 6.75. The summed E-state index contributed by atoms with van der Waals surface area (Å²) >= 11 is 3.41. The molecule has 0 saturated heterocycles. The number of hydrogen-bond donors (Lipinski definition) is 2. The van der Waals surface area contributed by atoms with Crippen LogP contribution >= 0.6 is 15.9 Å². The van der Waals surface area contributed by atoms with Crippen LogP contribution in [0.3, 0.4) is 0 Å². The second kappa shape index (κ2) is 10.1. The number of nitrogens with one attached hydrogen (secondary N) is 2. The predicted molar refractivity (Wildman–Crippen MR) is 127 cm³/mol. The average molecular weight is 504 g/mol. The first-order valence-electron chi connectivity index (χ1n) is 9.98. The largest absolute Gasteiger partial charge is 0.452 e. The number of aromatic nitrogens is 1. The van der Waals surface area contributed by atoms with Crippen LogP contribution in [0, 0.1) is 0 Å². The maximum atomic E-state index is 12.8. The summed E-state index contributed by atoms with van der Waals surface area (Å²) in [5, 5.41) is 0.612. The molecule has 2 N–H and O–H groups in total. The van der Waals surface area contributed by atoms with E-state index in [4.69, 9.17) is 4.74 Å². The van der Waals surface area contributed by atoms with E-state index in [2.05, 4.69) is 31.8 Å². The Morgan fingerprint density at radius 2 is 1.55 bits per heavy atom. The van der Waals surface area contributed by atoms with Gasteiger partial charge in [-0.1, -0.05) is 64.5 Å². The van der Waals surface area contributed by atoms with Gasteiger partial charge in [-0.25, -0.2) is 9.78 Å². The van der Waals surface area contributed by atoms with E-state index in [1.165, 1.54) is 0 Å². The molecule has 0 aliphatic heterocycles. The topological polar surface area (TPSA) is 97.4 Å². The monoisotopic (exact) mass is 503 g/mol. The Bertz CT molecular complexity index is 1320. The van der Waals surface area contributed by atoms with Crippen molar-refractivity contribution in [3.63, 3.8) is 0 Å². The SMILES string of the molecule is O=C(COC(=O)c1cc(-c2ccc(Br)cc2)nc2ccccc12)NNC(=O)c1ccccc1. The van der Waals surface area contributed by atoms with Crippen molar-refractivity contribution in [1.29, 1.82) is 0 Å². The third-order valence-electron chi connectivity index (χ3n) is 4.76. The molecule has 0 saturated carbocycles. The highest BCUT2D eigenvalue weighted by Crippen LogP contribution is 2.26. The normalized spacial score (nSPS) is 10.5. The second-order valence-electron chi connectivity index (χ2n) is 7.02. The summed E-state index contributed by atoms with van der Waals surface area (Å²) in [5.41, 5.74) is 7.26. The third kappa shape index (κ3) is 5.42. The highest BCUT2D eigenvalue weighted by atomic mass is 79.9. The lowest BCUT2D eigenvalue weighted by Crippen LogP contribution is -2.43. The highest BCUT2D eigenvalue weighted by Gasteiger charge is 2.17. The lowest BCUT2D eigenvalue weighted by molar-refractivity contribution is -0.125. The number of amides is 2. The molecule has 3 aromatic carbocycles. The van der Waals surface area contributed by atoms with Gasteiger partial charge in [-0.15, -0.1) is 0 Å². The first kappa shape index (κ1) is 22.2. The molecule has 0 aliphatic carbocycles. The average Bonchev–Trinajstić information content (AvgIpc) is 2.86. The molecule has 33 heavy (non-hydrogen) atoms. The van der Waals surface area contributed by atoms with Gasteiger partial charge in [0.2, 0.25) is 0 Å². The van der Waals surface area contributed by atoms with Crippen molar-refractivity contribution in [3.05, 3.63) is 101 Å². The van der Waals surface area contributed by atoms with Crippen LogP contribution < -0.4 is 10.9 Å². The zero-order valence-electron chi connectivity index (χ0n) is 17.2. The van der Waals surface area contributed by atoms with Gasteiger partial charge in [0.15, 0.2) is 6.61 Å². The first-order valence-corrected chi connectivity index (χ1v) is 10.8. The molecule has 0 fully saturated rings. The number of pyridine rings is 1. The van der Waals surface area contributed by atoms with Crippen molar-refractivity contribution in [3.8, 4) is 11.3 Å². The number of halogens is 1. The minimum Gasteiger partial charge on any atom is -0.452 e. The zero-order chi connectivity index (χ0) is 23.2. The van der Waals surface area contributed by atoms with E-state index in [9.17, 15) is 14.4 Å². The standard InChI is InChI=1S/C25H18BrN3O4/c26-18-12-10-16(11-13-18)22-14-20(19-8-4-5-9-21(19)27-22)25(32)33-15-23(30)28-29-24(31)17-6-2-1-3-7-17/h1-14H,15H2,(H,28,30)(H,29,31). The fraction of sp³-hybridized carbons (Fsp3) is 0.0400. The Hall–Kier alpha value is -4.04. The summed E-state index contributed by atoms with van der Waals surface area (Å²) in [7, 11) is 0. The number of carbonyl (C=O) groups excluding carboxylic acids is 3. The van der Waals surface area contributed by atoms with E-state index in [-0.39, 0.29) is 0 Å². The third-order valence-corrected chi connectivity index (χ3v) is 5.29. The number of para-hydroxylation sites is 1. The molecule has 0 spiro atoms. The van der Waals surface area contributed by atoms with Crippen LogP contribution in [0.15, 0.2) is 89.4 Å². The Morgan fingerprint density at radius 1 is 0.848 bits per heavy atom. The van der Waals surface area contributed by atoms with Crippen molar-refractivity contribution < 1.29 is 19.1 Å². The number of carbonyl (C=O) groups is 3. The number of rotatable bonds is 5. The van der Waals surface area contributed by atoms with Gasteiger partial charge in [0.25, 0.3) is 11.8 Å². The lowest BCUT2D eigenvalue weighted by Gasteiger charge is -2.11. The summed E-state index contributed by atoms with van der Waals surface area (Å²) in [6, 6.07) is 24.8. The molecular weight excluding hydrogens is 486 g/mol. The first-order chi connectivity index (χ1) is 16.0. The predicted octanol–water partition coefficient (Wildman–Crippen LogP) is 4.28. The van der Waals surface area contributed by atoms with Gasteiger partial charge in [-0.2, -0.15) is 0 Å². The fourth-order valence-corrected chi connectivity index (χ4v) is 3.41. The van der Waals surface area contributed by atoms with Crippen LogP contribution in [0.1, 0.15) is 20.7 Å². The molecule has 1 aromatic heterocycles. The smallest absolute Gasteiger partial charge is 0.339 e. The quantitative estimate of drug-likeness (QED) is 0.313. The van der Waals surface area contributed by atoms with Crippen LogP contribution in [-0.4, -0.2) is 29.4 Å². The van der Waals surface area contributed by atoms with Crippen LogP contribution in [-0.2, 0) is 9.53 Å². The summed E-state index contributed by atoms with van der Waals surface area (Å²) < 4.78 is 6.14. The van der Waals surface area contributed by atoms with Crippen molar-refractivity contribution >= 4 is 44.6 Å². The van der Waals surface area contributed by atoms with E-state index in [0.717, 1.165) is 10.0 Å². The number of hydrogen-bond acceptors (Lipinski definition) is 5. The van der Waals surface area contributed by atoms with Gasteiger partial charge < -0.3 is 4.74 Å². The minimum atomic E-state index is -0.670. The number of hydrazine groups is 1. The molecule has 0 radical (unpaired) electrons. The van der Waals surface area contributed by atoms with Crippen molar-refractivity contribution in [2.24, 2.45) is 0 Å². The Balaban J connectivity index is 1.46. The molecule has 2 amide bonds. The summed E-state index contributed by atoms with van der Waals surface area (Å²) in [4.78, 5) is 41.6. The van der Waals surface area contributed by atoms with Crippen LogP contribution in [0.25, 0.3) is 22.2 Å². The number of nitrogens with zero attached hydrogens (tertiary/aromatic N) is 1. The van der Waals surface area contributed by atoms with E-state index in [1.54, 1.807) is 54.6 Å². The number of fused-ring (bicyclic) bond motifs is 1. The van der Waals surface area contributed by atoms with Crippen molar-refractivity contribution in [2.75, 3.05) is 6.61 Å². The number of ether oxygens (including phenoxy) is 1. The molecular formula is C25H18BrN3O4. The molecule has 4 aromatic rings. The van der Waals surface area contributed by atoms with Gasteiger partial charge in [0, 0.05) is 21.0 Å². The van der Waals surface area contributed by atoms with Gasteiger partial charge in [0.1, 0.15) is 0 Å². The van der Waals surface area contributed by atoms with Crippen LogP contribution in [0.4, 0.5) is 0 Å². The number of esters is 1. The molecule has 0 bridgehead atoms. The molecule has 0 aliphatic rings. The van der Waals surface area contributed by atoms with Gasteiger partial charge >= 0.3 is 5.97 Å². The molecule has 164 valence electrons. The van der Waals surface area contributed by atoms with Crippen molar-refractivity contribution in [1.82, 2.24) is 15.8 Å². The van der Waals surface area contributed by atoms with E-state index in [1.807, 2.05) is 30.3 Å². The maximum Gasteiger partial charge on any atom is 0.339 e. The van der Waals surface area contributed by atoms with E-state index in [0.29, 0.717) is 27.7 Å². The maximum absolute atomic E-state index is 12.8. The van der Waals surface area contributed by atoms with Crippen LogP contribution in [0.2, 0.25) is 0 Å². The minimum absolute atomic E-state index is 0.291. The van der Waals surface area contributed by atoms with Crippen molar-refractivity contribution in [2.45, 2.75) is 0 Å². The van der Waals surface area contributed by atoms with Gasteiger partial charge in [0.05, 0.1) is 16.8 Å². The molecule has 0 unspecified atom stereocenters. The van der Waals surface area contributed by atoms with E-state index >= 15 is 0 Å². The zero-order valence-corrected chi connectivity index (χ0v) is 18.8. The Morgan fingerprint density at radius 3 is 2.30 bits per heavy atom. The fourth-order valence-electron chi connectivity index (χ4n) is 3.15. The highest BCUT2D eigenvalue weighted by molar-refractivity contribution is 9.10. The Labute approximate surface area is 197 Å². The summed E-state index contributed by atoms with van der Waals surface area (Å²) in [6.07, 6.45) is 0. The summed E-state index contributed by atoms with van der Waals surface area (Å²) in [6.45, 7) is -0.557. The lowest BCUT2D eigenvalue weighted by atomic mass is 10.0. The number of benzene rings is 3. The second-order valence-corrected chi connectivity index (χ2v) is 7.94. The molecule has 8 heteroatoms. The van der Waals surface area contributed by atoms with Gasteiger partial charge in [-0.3, -0.25) is 20.4 Å². The van der Waals surface area contributed by atoms with Gasteiger partial charge in [-0.05, 0) is 36.4 Å². The summed E-state index contributed by atoms with van der Waals surface area (Å²) in [5.74, 6) is -1.81. The molecule has 4 rings (SSSR count). The van der Waals surface area contributed by atoms with E-state index < -0.39 is 24.4 Å². The molecule has 7 nitrogen and oxygen atoms in total. The molecule has 0 atom stereocenters. The van der Waals surface area contributed by atoms with Crippen LogP contribution in [0.5, 0.6) is 0 Å². The molecule has 1 heterocycles.